The Kier molecular flexibility index (Phi) is 5.20. The van der Waals surface area contributed by atoms with E-state index in [1.54, 1.807) is 11.8 Å². The van der Waals surface area contributed by atoms with E-state index in [0.717, 1.165) is 36.3 Å². The van der Waals surface area contributed by atoms with Gasteiger partial charge in [0, 0.05) is 0 Å². The summed E-state index contributed by atoms with van der Waals surface area (Å²) in [4.78, 5) is 12.7. The number of amides is 2. The Labute approximate surface area is 170 Å². The summed E-state index contributed by atoms with van der Waals surface area (Å²) in [5.41, 5.74) is 2.35. The summed E-state index contributed by atoms with van der Waals surface area (Å²) in [6.07, 6.45) is 4.73. The second kappa shape index (κ2) is 7.95. The van der Waals surface area contributed by atoms with Gasteiger partial charge in [-0.25, -0.2) is 9.48 Å². The molecule has 1 fully saturated rings. The number of nitrogens with one attached hydrogen (secondary N) is 2. The van der Waals surface area contributed by atoms with Crippen molar-refractivity contribution in [3.8, 4) is 11.4 Å². The predicted octanol–water partition coefficient (Wildman–Crippen LogP) is 3.72. The summed E-state index contributed by atoms with van der Waals surface area (Å²) < 4.78 is 7.04. The first kappa shape index (κ1) is 19.0. The molecule has 0 aliphatic heterocycles. The van der Waals surface area contributed by atoms with Crippen molar-refractivity contribution in [3.05, 3.63) is 72.1 Å². The molecule has 4 rings (SSSR count). The smallest absolute Gasteiger partial charge is 0.316 e. The van der Waals surface area contributed by atoms with Gasteiger partial charge in [0.1, 0.15) is 11.4 Å². The van der Waals surface area contributed by atoms with Crippen LogP contribution in [-0.2, 0) is 5.54 Å². The Bertz CT molecular complexity index is 982. The highest BCUT2D eigenvalue weighted by Gasteiger charge is 2.40. The fourth-order valence-electron chi connectivity index (χ4n) is 3.64. The highest BCUT2D eigenvalue weighted by molar-refractivity contribution is 5.75. The van der Waals surface area contributed by atoms with Gasteiger partial charge in [-0.05, 0) is 56.0 Å². The summed E-state index contributed by atoms with van der Waals surface area (Å²) >= 11 is 0. The number of para-hydroxylation sites is 1. The van der Waals surface area contributed by atoms with Crippen molar-refractivity contribution >= 4 is 6.03 Å². The summed E-state index contributed by atoms with van der Waals surface area (Å²) in [6.45, 7) is 1.90. The average molecular weight is 391 g/mol. The van der Waals surface area contributed by atoms with Gasteiger partial charge in [-0.15, -0.1) is 5.10 Å². The maximum Gasteiger partial charge on any atom is 0.316 e. The number of nitrogens with zero attached hydrogens (tertiary/aromatic N) is 3. The Morgan fingerprint density at radius 3 is 2.66 bits per heavy atom. The maximum atomic E-state index is 12.7. The second-order valence-electron chi connectivity index (χ2n) is 7.41. The van der Waals surface area contributed by atoms with E-state index in [9.17, 15) is 4.79 Å². The third-order valence-corrected chi connectivity index (χ3v) is 5.51. The molecule has 1 aliphatic carbocycles. The highest BCUT2D eigenvalue weighted by Crippen LogP contribution is 2.42. The van der Waals surface area contributed by atoms with E-state index in [1.807, 2.05) is 67.7 Å². The van der Waals surface area contributed by atoms with Crippen LogP contribution in [0, 0.1) is 0 Å². The van der Waals surface area contributed by atoms with E-state index < -0.39 is 0 Å². The molecule has 0 saturated heterocycles. The SMILES string of the molecule is COc1cccc(C2(NC(=O)NC(C)c3cn(-c4ccccc4)nn3)CCC2)c1. The van der Waals surface area contributed by atoms with Crippen molar-refractivity contribution in [3.63, 3.8) is 0 Å². The van der Waals surface area contributed by atoms with Crippen molar-refractivity contribution in [2.24, 2.45) is 0 Å². The lowest BCUT2D eigenvalue weighted by molar-refractivity contribution is 0.175. The first-order valence-electron chi connectivity index (χ1n) is 9.80. The van der Waals surface area contributed by atoms with Crippen molar-refractivity contribution < 1.29 is 9.53 Å². The predicted molar refractivity (Wildman–Crippen MR) is 110 cm³/mol. The second-order valence-corrected chi connectivity index (χ2v) is 7.41. The zero-order valence-electron chi connectivity index (χ0n) is 16.6. The van der Waals surface area contributed by atoms with E-state index in [-0.39, 0.29) is 17.6 Å². The lowest BCUT2D eigenvalue weighted by Gasteiger charge is -2.43. The highest BCUT2D eigenvalue weighted by atomic mass is 16.5. The summed E-state index contributed by atoms with van der Waals surface area (Å²) in [5.74, 6) is 0.793. The molecule has 0 bridgehead atoms. The number of methoxy groups -OCH3 is 1. The van der Waals surface area contributed by atoms with Crippen LogP contribution in [0.5, 0.6) is 5.75 Å². The van der Waals surface area contributed by atoms with Crippen LogP contribution in [0.15, 0.2) is 60.8 Å². The van der Waals surface area contributed by atoms with Gasteiger partial charge in [0.25, 0.3) is 0 Å². The van der Waals surface area contributed by atoms with Gasteiger partial charge in [0.2, 0.25) is 0 Å². The van der Waals surface area contributed by atoms with Gasteiger partial charge < -0.3 is 15.4 Å². The minimum absolute atomic E-state index is 0.214. The first-order valence-corrected chi connectivity index (χ1v) is 9.80. The number of carbonyl (C=O) groups excluding carboxylic acids is 1. The third-order valence-electron chi connectivity index (χ3n) is 5.51. The minimum Gasteiger partial charge on any atom is -0.497 e. The van der Waals surface area contributed by atoms with E-state index in [0.29, 0.717) is 5.69 Å². The molecule has 1 aromatic heterocycles. The fourth-order valence-corrected chi connectivity index (χ4v) is 3.64. The Morgan fingerprint density at radius 2 is 1.97 bits per heavy atom. The number of rotatable bonds is 6. The molecule has 150 valence electrons. The van der Waals surface area contributed by atoms with Crippen LogP contribution in [0.1, 0.15) is 43.5 Å². The van der Waals surface area contributed by atoms with E-state index in [4.69, 9.17) is 4.74 Å². The van der Waals surface area contributed by atoms with Crippen molar-refractivity contribution in [1.29, 1.82) is 0 Å². The van der Waals surface area contributed by atoms with Gasteiger partial charge in [-0.2, -0.15) is 0 Å². The van der Waals surface area contributed by atoms with Gasteiger partial charge in [0.05, 0.1) is 30.6 Å². The van der Waals surface area contributed by atoms with Crippen LogP contribution in [0.4, 0.5) is 4.79 Å². The molecule has 29 heavy (non-hydrogen) atoms. The lowest BCUT2D eigenvalue weighted by atomic mass is 9.72. The van der Waals surface area contributed by atoms with Gasteiger partial charge >= 0.3 is 6.03 Å². The monoisotopic (exact) mass is 391 g/mol. The van der Waals surface area contributed by atoms with Crippen molar-refractivity contribution in [1.82, 2.24) is 25.6 Å². The Morgan fingerprint density at radius 1 is 1.17 bits per heavy atom. The standard InChI is InChI=1S/C22H25N5O2/c1-16(20-15-27(26-25-20)18-9-4-3-5-10-18)23-21(28)24-22(12-7-13-22)17-8-6-11-19(14-17)29-2/h3-6,8-11,14-16H,7,12-13H2,1-2H3,(H2,23,24,28). The van der Waals surface area contributed by atoms with Crippen molar-refractivity contribution in [2.75, 3.05) is 7.11 Å². The zero-order chi connectivity index (χ0) is 20.3. The molecule has 1 saturated carbocycles. The molecule has 2 amide bonds. The van der Waals surface area contributed by atoms with E-state index >= 15 is 0 Å². The molecule has 2 aromatic carbocycles. The molecular weight excluding hydrogens is 366 g/mol. The molecule has 0 radical (unpaired) electrons. The van der Waals surface area contributed by atoms with E-state index in [1.165, 1.54) is 0 Å². The molecule has 1 atom stereocenters. The number of hydrogen-bond donors (Lipinski definition) is 2. The number of urea groups is 1. The van der Waals surface area contributed by atoms with Gasteiger partial charge in [-0.3, -0.25) is 0 Å². The largest absolute Gasteiger partial charge is 0.497 e. The number of ether oxygens (including phenoxy) is 1. The molecule has 7 nitrogen and oxygen atoms in total. The van der Waals surface area contributed by atoms with Crippen LogP contribution in [-0.4, -0.2) is 28.1 Å². The molecular formula is C22H25N5O2. The molecule has 1 unspecified atom stereocenters. The van der Waals surface area contributed by atoms with Crippen LogP contribution in [0.2, 0.25) is 0 Å². The van der Waals surface area contributed by atoms with E-state index in [2.05, 4.69) is 20.9 Å². The maximum absolute atomic E-state index is 12.7. The third kappa shape index (κ3) is 3.94. The van der Waals surface area contributed by atoms with Gasteiger partial charge in [0.15, 0.2) is 0 Å². The summed E-state index contributed by atoms with van der Waals surface area (Å²) in [7, 11) is 1.65. The molecule has 7 heteroatoms. The molecule has 2 N–H and O–H groups in total. The lowest BCUT2D eigenvalue weighted by Crippen LogP contribution is -2.54. The normalized spacial score (nSPS) is 15.8. The Hall–Kier alpha value is -3.35. The Balaban J connectivity index is 1.43. The van der Waals surface area contributed by atoms with Crippen molar-refractivity contribution in [2.45, 2.75) is 37.8 Å². The summed E-state index contributed by atoms with van der Waals surface area (Å²) in [5, 5.41) is 14.5. The van der Waals surface area contributed by atoms with Gasteiger partial charge in [-0.1, -0.05) is 35.5 Å². The number of hydrogen-bond acceptors (Lipinski definition) is 4. The van der Waals surface area contributed by atoms with Crippen LogP contribution < -0.4 is 15.4 Å². The number of aromatic nitrogens is 3. The summed E-state index contributed by atoms with van der Waals surface area (Å²) in [6, 6.07) is 17.2. The fraction of sp³-hybridized carbons (Fsp3) is 0.318. The van der Waals surface area contributed by atoms with Crippen LogP contribution in [0.25, 0.3) is 5.69 Å². The minimum atomic E-state index is -0.347. The quantitative estimate of drug-likeness (QED) is 0.671. The molecule has 1 aliphatic rings. The van der Waals surface area contributed by atoms with Crippen LogP contribution >= 0.6 is 0 Å². The molecule has 1 heterocycles. The first-order chi connectivity index (χ1) is 14.1. The molecule has 3 aromatic rings. The topological polar surface area (TPSA) is 81.1 Å². The number of benzene rings is 2. The molecule has 0 spiro atoms. The van der Waals surface area contributed by atoms with Crippen LogP contribution in [0.3, 0.4) is 0 Å². The average Bonchev–Trinajstić information content (AvgIpc) is 3.22. The zero-order valence-corrected chi connectivity index (χ0v) is 16.6. The number of carbonyl (C=O) groups is 1.